The van der Waals surface area contributed by atoms with Gasteiger partial charge in [0, 0.05) is 31.4 Å². The number of carbonyl (C=O) groups is 1. The number of nitrogens with one attached hydrogen (secondary N) is 3. The van der Waals surface area contributed by atoms with Gasteiger partial charge in [0.25, 0.3) is 0 Å². The van der Waals surface area contributed by atoms with Gasteiger partial charge in [-0.3, -0.25) is 4.79 Å². The fourth-order valence-corrected chi connectivity index (χ4v) is 2.84. The summed E-state index contributed by atoms with van der Waals surface area (Å²) in [6.45, 7) is 7.82. The number of carbonyl (C=O) groups excluding carboxylic acids is 1. The molecule has 7 heteroatoms. The van der Waals surface area contributed by atoms with Crippen LogP contribution in [0.2, 0.25) is 0 Å². The molecule has 3 N–H and O–H groups in total. The Bertz CT molecular complexity index is 637. The van der Waals surface area contributed by atoms with Crippen LogP contribution in [0.5, 0.6) is 0 Å². The number of rotatable bonds is 9. The molecule has 0 radical (unpaired) electrons. The number of benzene rings is 1. The molecule has 0 saturated carbocycles. The molecule has 1 aromatic carbocycles. The van der Waals surface area contributed by atoms with Gasteiger partial charge in [0.2, 0.25) is 15.9 Å². The largest absolute Gasteiger partial charge is 0.385 e. The predicted octanol–water partition coefficient (Wildman–Crippen LogP) is 2.95. The van der Waals surface area contributed by atoms with Crippen molar-refractivity contribution < 1.29 is 13.2 Å². The van der Waals surface area contributed by atoms with Crippen LogP contribution in [0.4, 0.5) is 11.4 Å². The van der Waals surface area contributed by atoms with Crippen LogP contribution in [-0.4, -0.2) is 32.2 Å². The molecular formula is C17H29N3O3S. The quantitative estimate of drug-likeness (QED) is 0.594. The molecule has 136 valence electrons. The number of amides is 1. The van der Waals surface area contributed by atoms with Gasteiger partial charge < -0.3 is 10.6 Å². The summed E-state index contributed by atoms with van der Waals surface area (Å²) >= 11 is 0. The van der Waals surface area contributed by atoms with Gasteiger partial charge in [-0.1, -0.05) is 12.5 Å². The third kappa shape index (κ3) is 7.31. The number of hydrogen-bond donors (Lipinski definition) is 3. The molecule has 1 aromatic rings. The minimum absolute atomic E-state index is 0.0927. The topological polar surface area (TPSA) is 87.3 Å². The van der Waals surface area contributed by atoms with Crippen LogP contribution < -0.4 is 15.4 Å². The van der Waals surface area contributed by atoms with Crippen molar-refractivity contribution in [3.05, 3.63) is 24.3 Å². The van der Waals surface area contributed by atoms with Gasteiger partial charge in [-0.05, 0) is 51.8 Å². The van der Waals surface area contributed by atoms with Crippen LogP contribution in [-0.2, 0) is 14.8 Å². The fourth-order valence-electron chi connectivity index (χ4n) is 1.99. The third-order valence-electron chi connectivity index (χ3n) is 3.46. The zero-order valence-corrected chi connectivity index (χ0v) is 15.8. The highest BCUT2D eigenvalue weighted by atomic mass is 32.2. The Morgan fingerprint density at radius 2 is 1.67 bits per heavy atom. The molecule has 0 bridgehead atoms. The van der Waals surface area contributed by atoms with E-state index in [-0.39, 0.29) is 5.91 Å². The summed E-state index contributed by atoms with van der Waals surface area (Å²) in [5, 5.41) is 6.05. The van der Waals surface area contributed by atoms with Gasteiger partial charge in [0.15, 0.2) is 0 Å². The van der Waals surface area contributed by atoms with E-state index in [0.717, 1.165) is 37.2 Å². The van der Waals surface area contributed by atoms with Gasteiger partial charge in [0.05, 0.1) is 4.75 Å². The highest BCUT2D eigenvalue weighted by Gasteiger charge is 2.27. The Kier molecular flexibility index (Phi) is 7.69. The average Bonchev–Trinajstić information content (AvgIpc) is 2.44. The molecule has 0 aliphatic rings. The Morgan fingerprint density at radius 1 is 1.04 bits per heavy atom. The van der Waals surface area contributed by atoms with Crippen LogP contribution in [0.1, 0.15) is 47.0 Å². The van der Waals surface area contributed by atoms with E-state index in [1.54, 1.807) is 20.8 Å². The van der Waals surface area contributed by atoms with Crippen LogP contribution in [0, 0.1) is 0 Å². The normalized spacial score (nSPS) is 12.0. The van der Waals surface area contributed by atoms with Crippen molar-refractivity contribution in [1.29, 1.82) is 0 Å². The van der Waals surface area contributed by atoms with E-state index >= 15 is 0 Å². The Hall–Kier alpha value is -1.60. The van der Waals surface area contributed by atoms with Crippen LogP contribution >= 0.6 is 0 Å². The number of sulfonamides is 1. The van der Waals surface area contributed by atoms with E-state index in [9.17, 15) is 13.2 Å². The molecule has 0 fully saturated rings. The second-order valence-electron chi connectivity index (χ2n) is 6.76. The molecular weight excluding hydrogens is 326 g/mol. The highest BCUT2D eigenvalue weighted by Crippen LogP contribution is 2.15. The van der Waals surface area contributed by atoms with Crippen molar-refractivity contribution in [2.45, 2.75) is 51.7 Å². The fraction of sp³-hybridized carbons (Fsp3) is 0.588. The molecule has 24 heavy (non-hydrogen) atoms. The molecule has 0 unspecified atom stereocenters. The Balaban J connectivity index is 2.22. The highest BCUT2D eigenvalue weighted by molar-refractivity contribution is 7.90. The molecule has 1 rings (SSSR count). The van der Waals surface area contributed by atoms with Crippen molar-refractivity contribution in [2.75, 3.05) is 23.7 Å². The van der Waals surface area contributed by atoms with Crippen molar-refractivity contribution in [3.63, 3.8) is 0 Å². The predicted molar refractivity (Wildman–Crippen MR) is 99.8 cm³/mol. The molecule has 0 atom stereocenters. The van der Waals surface area contributed by atoms with E-state index in [4.69, 9.17) is 0 Å². The summed E-state index contributed by atoms with van der Waals surface area (Å²) < 4.78 is 25.6. The standard InChI is InChI=1S/C17H29N3O3S/c1-14(21)20-16-10-8-9-15(13-16)18-11-6-5-7-12-19-24(22,23)17(2,3)4/h8-10,13,18-19H,5-7,11-12H2,1-4H3,(H,20,21). The molecule has 0 aliphatic heterocycles. The minimum Gasteiger partial charge on any atom is -0.385 e. The SMILES string of the molecule is CC(=O)Nc1cccc(NCCCCCNS(=O)(=O)C(C)(C)C)c1. The van der Waals surface area contributed by atoms with Crippen molar-refractivity contribution in [1.82, 2.24) is 4.72 Å². The number of unbranched alkanes of at least 4 members (excludes halogenated alkanes) is 2. The number of anilines is 2. The monoisotopic (exact) mass is 355 g/mol. The van der Waals surface area contributed by atoms with Gasteiger partial charge in [0.1, 0.15) is 0 Å². The lowest BCUT2D eigenvalue weighted by Gasteiger charge is -2.19. The lowest BCUT2D eigenvalue weighted by Crippen LogP contribution is -2.39. The molecule has 1 amide bonds. The summed E-state index contributed by atoms with van der Waals surface area (Å²) in [5.74, 6) is -0.0927. The maximum absolute atomic E-state index is 11.9. The lowest BCUT2D eigenvalue weighted by molar-refractivity contribution is -0.114. The van der Waals surface area contributed by atoms with Crippen LogP contribution in [0.25, 0.3) is 0 Å². The van der Waals surface area contributed by atoms with Crippen LogP contribution in [0.15, 0.2) is 24.3 Å². The first-order valence-electron chi connectivity index (χ1n) is 8.22. The molecule has 0 aliphatic carbocycles. The first-order valence-corrected chi connectivity index (χ1v) is 9.71. The van der Waals surface area contributed by atoms with E-state index in [0.29, 0.717) is 6.54 Å². The van der Waals surface area contributed by atoms with Gasteiger partial charge >= 0.3 is 0 Å². The van der Waals surface area contributed by atoms with Gasteiger partial charge in [-0.25, -0.2) is 13.1 Å². The zero-order valence-electron chi connectivity index (χ0n) is 15.0. The zero-order chi connectivity index (χ0) is 18.2. The van der Waals surface area contributed by atoms with Crippen LogP contribution in [0.3, 0.4) is 0 Å². The van der Waals surface area contributed by atoms with Gasteiger partial charge in [-0.2, -0.15) is 0 Å². The summed E-state index contributed by atoms with van der Waals surface area (Å²) in [6.07, 6.45) is 2.69. The summed E-state index contributed by atoms with van der Waals surface area (Å²) in [6, 6.07) is 7.56. The lowest BCUT2D eigenvalue weighted by atomic mass is 10.2. The first kappa shape index (κ1) is 20.4. The van der Waals surface area contributed by atoms with E-state index < -0.39 is 14.8 Å². The Labute approximate surface area is 145 Å². The molecule has 0 heterocycles. The summed E-state index contributed by atoms with van der Waals surface area (Å²) in [7, 11) is -3.25. The van der Waals surface area contributed by atoms with Crippen molar-refractivity contribution in [3.8, 4) is 0 Å². The maximum atomic E-state index is 11.9. The summed E-state index contributed by atoms with van der Waals surface area (Å²) in [4.78, 5) is 11.0. The third-order valence-corrected chi connectivity index (χ3v) is 5.66. The molecule has 0 saturated heterocycles. The number of hydrogen-bond acceptors (Lipinski definition) is 4. The minimum atomic E-state index is -3.25. The van der Waals surface area contributed by atoms with Crippen molar-refractivity contribution in [2.24, 2.45) is 0 Å². The molecule has 0 spiro atoms. The van der Waals surface area contributed by atoms with Gasteiger partial charge in [-0.15, -0.1) is 0 Å². The molecule has 6 nitrogen and oxygen atoms in total. The smallest absolute Gasteiger partial charge is 0.221 e. The molecule has 0 aromatic heterocycles. The van der Waals surface area contributed by atoms with E-state index in [1.807, 2.05) is 24.3 Å². The van der Waals surface area contributed by atoms with E-state index in [2.05, 4.69) is 15.4 Å². The Morgan fingerprint density at radius 3 is 2.29 bits per heavy atom. The average molecular weight is 356 g/mol. The van der Waals surface area contributed by atoms with Crippen molar-refractivity contribution >= 4 is 27.3 Å². The first-order chi connectivity index (χ1) is 11.1. The maximum Gasteiger partial charge on any atom is 0.221 e. The second kappa shape index (κ2) is 9.03. The second-order valence-corrected chi connectivity index (χ2v) is 9.28. The van der Waals surface area contributed by atoms with E-state index in [1.165, 1.54) is 6.92 Å². The summed E-state index contributed by atoms with van der Waals surface area (Å²) in [5.41, 5.74) is 1.72.